The number of halogens is 2. The summed E-state index contributed by atoms with van der Waals surface area (Å²) in [6, 6.07) is 12.7. The lowest BCUT2D eigenvalue weighted by Crippen LogP contribution is -2.50. The van der Waals surface area contributed by atoms with Crippen molar-refractivity contribution in [3.8, 4) is 5.75 Å². The first-order valence-corrected chi connectivity index (χ1v) is 12.3. The van der Waals surface area contributed by atoms with Crippen molar-refractivity contribution < 1.29 is 14.3 Å². The van der Waals surface area contributed by atoms with Crippen LogP contribution in [0.3, 0.4) is 0 Å². The Morgan fingerprint density at radius 1 is 1.22 bits per heavy atom. The molecule has 1 atom stereocenters. The number of amides is 2. The van der Waals surface area contributed by atoms with Gasteiger partial charge in [0.05, 0.1) is 4.47 Å². The molecule has 1 aliphatic rings. The summed E-state index contributed by atoms with van der Waals surface area (Å²) in [4.78, 5) is 27.7. The van der Waals surface area contributed by atoms with E-state index >= 15 is 0 Å². The molecule has 0 radical (unpaired) electrons. The monoisotopic (exact) mass is 520 g/mol. The third-order valence-electron chi connectivity index (χ3n) is 5.92. The number of benzene rings is 2. The van der Waals surface area contributed by atoms with Crippen LogP contribution in [-0.2, 0) is 22.6 Å². The molecule has 0 aromatic heterocycles. The van der Waals surface area contributed by atoms with E-state index in [9.17, 15) is 9.59 Å². The lowest BCUT2D eigenvalue weighted by atomic mass is 10.1. The zero-order chi connectivity index (χ0) is 23.1. The summed E-state index contributed by atoms with van der Waals surface area (Å²) < 4.78 is 6.61. The van der Waals surface area contributed by atoms with E-state index in [0.717, 1.165) is 42.1 Å². The third-order valence-corrected chi connectivity index (χ3v) is 6.91. The number of carbonyl (C=O) groups excluding carboxylic acids is 2. The Kier molecular flexibility index (Phi) is 9.00. The number of carbonyl (C=O) groups is 2. The summed E-state index contributed by atoms with van der Waals surface area (Å²) in [5, 5.41) is 3.66. The van der Waals surface area contributed by atoms with E-state index in [4.69, 9.17) is 16.3 Å². The van der Waals surface area contributed by atoms with Crippen LogP contribution in [0.4, 0.5) is 0 Å². The van der Waals surface area contributed by atoms with Gasteiger partial charge in [0.15, 0.2) is 6.61 Å². The van der Waals surface area contributed by atoms with Gasteiger partial charge in [-0.1, -0.05) is 55.6 Å². The number of ether oxygens (including phenoxy) is 1. The number of nitrogens with zero attached hydrogens (tertiary/aromatic N) is 1. The second-order valence-electron chi connectivity index (χ2n) is 8.19. The molecule has 172 valence electrons. The van der Waals surface area contributed by atoms with Gasteiger partial charge in [0, 0.05) is 17.6 Å². The maximum Gasteiger partial charge on any atom is 0.261 e. The highest BCUT2D eigenvalue weighted by Gasteiger charge is 2.29. The largest absolute Gasteiger partial charge is 0.483 e. The average molecular weight is 522 g/mol. The van der Waals surface area contributed by atoms with E-state index in [1.807, 2.05) is 36.4 Å². The van der Waals surface area contributed by atoms with Crippen molar-refractivity contribution >= 4 is 39.3 Å². The second kappa shape index (κ2) is 11.7. The average Bonchev–Trinajstić information content (AvgIpc) is 3.30. The summed E-state index contributed by atoms with van der Waals surface area (Å²) in [5.74, 6) is 0.174. The molecule has 0 aliphatic heterocycles. The molecule has 7 heteroatoms. The van der Waals surface area contributed by atoms with E-state index in [2.05, 4.69) is 28.2 Å². The van der Waals surface area contributed by atoms with Gasteiger partial charge in [-0.15, -0.1) is 0 Å². The molecule has 2 amide bonds. The predicted molar refractivity (Wildman–Crippen MR) is 131 cm³/mol. The first kappa shape index (κ1) is 24.6. The van der Waals surface area contributed by atoms with Gasteiger partial charge in [-0.3, -0.25) is 9.59 Å². The van der Waals surface area contributed by atoms with Crippen LogP contribution in [0.15, 0.2) is 46.9 Å². The molecule has 2 aromatic carbocycles. The highest BCUT2D eigenvalue weighted by molar-refractivity contribution is 9.10. The SMILES string of the molecule is CCc1ccc(OCC(=O)N(Cc2ccccc2Cl)[C@H](C)C(=O)NC2CCCC2)c(Br)c1. The molecule has 0 heterocycles. The van der Waals surface area contributed by atoms with Gasteiger partial charge in [0.25, 0.3) is 5.91 Å². The molecule has 1 N–H and O–H groups in total. The van der Waals surface area contributed by atoms with E-state index in [-0.39, 0.29) is 31.0 Å². The van der Waals surface area contributed by atoms with Gasteiger partial charge < -0.3 is 15.0 Å². The lowest BCUT2D eigenvalue weighted by Gasteiger charge is -2.30. The number of hydrogen-bond acceptors (Lipinski definition) is 3. The van der Waals surface area contributed by atoms with E-state index in [1.165, 1.54) is 5.56 Å². The van der Waals surface area contributed by atoms with E-state index < -0.39 is 6.04 Å². The zero-order valence-corrected chi connectivity index (χ0v) is 20.9. The van der Waals surface area contributed by atoms with Gasteiger partial charge in [-0.2, -0.15) is 0 Å². The summed E-state index contributed by atoms with van der Waals surface area (Å²) in [5.41, 5.74) is 1.96. The minimum atomic E-state index is -0.645. The van der Waals surface area contributed by atoms with Gasteiger partial charge in [0.2, 0.25) is 5.91 Å². The quantitative estimate of drug-likeness (QED) is 0.473. The Bertz CT molecular complexity index is 947. The highest BCUT2D eigenvalue weighted by atomic mass is 79.9. The number of aryl methyl sites for hydroxylation is 1. The summed E-state index contributed by atoms with van der Waals surface area (Å²) in [6.45, 7) is 3.90. The van der Waals surface area contributed by atoms with Crippen LogP contribution in [0.5, 0.6) is 5.75 Å². The first-order chi connectivity index (χ1) is 15.4. The Labute approximate surface area is 203 Å². The molecule has 1 saturated carbocycles. The van der Waals surface area contributed by atoms with E-state index in [0.29, 0.717) is 10.8 Å². The number of hydrogen-bond donors (Lipinski definition) is 1. The van der Waals surface area contributed by atoms with Crippen molar-refractivity contribution in [2.45, 2.75) is 64.6 Å². The fourth-order valence-electron chi connectivity index (χ4n) is 3.89. The summed E-state index contributed by atoms with van der Waals surface area (Å²) in [7, 11) is 0. The van der Waals surface area contributed by atoms with Gasteiger partial charge in [0.1, 0.15) is 11.8 Å². The molecular weight excluding hydrogens is 492 g/mol. The van der Waals surface area contributed by atoms with Crippen molar-refractivity contribution in [1.82, 2.24) is 10.2 Å². The van der Waals surface area contributed by atoms with Crippen LogP contribution < -0.4 is 10.1 Å². The fraction of sp³-hybridized carbons (Fsp3) is 0.440. The third kappa shape index (κ3) is 6.48. The van der Waals surface area contributed by atoms with Crippen LogP contribution in [0.25, 0.3) is 0 Å². The predicted octanol–water partition coefficient (Wildman–Crippen LogP) is 5.52. The minimum Gasteiger partial charge on any atom is -0.483 e. The Hall–Kier alpha value is -2.05. The Morgan fingerprint density at radius 2 is 1.94 bits per heavy atom. The molecule has 1 aliphatic carbocycles. The lowest BCUT2D eigenvalue weighted by molar-refractivity contribution is -0.142. The number of nitrogens with one attached hydrogen (secondary N) is 1. The molecule has 0 spiro atoms. The molecular formula is C25H30BrClN2O3. The smallest absolute Gasteiger partial charge is 0.261 e. The van der Waals surface area contributed by atoms with Crippen molar-refractivity contribution in [1.29, 1.82) is 0 Å². The van der Waals surface area contributed by atoms with Crippen molar-refractivity contribution in [2.75, 3.05) is 6.61 Å². The van der Waals surface area contributed by atoms with Gasteiger partial charge in [-0.05, 0) is 71.4 Å². The topological polar surface area (TPSA) is 58.6 Å². The van der Waals surface area contributed by atoms with Crippen LogP contribution in [0, 0.1) is 0 Å². The van der Waals surface area contributed by atoms with E-state index in [1.54, 1.807) is 17.9 Å². The van der Waals surface area contributed by atoms with Crippen LogP contribution >= 0.6 is 27.5 Å². The van der Waals surface area contributed by atoms with Crippen molar-refractivity contribution in [3.63, 3.8) is 0 Å². The number of rotatable bonds is 9. The first-order valence-electron chi connectivity index (χ1n) is 11.1. The van der Waals surface area contributed by atoms with Crippen LogP contribution in [0.1, 0.15) is 50.7 Å². The van der Waals surface area contributed by atoms with Crippen LogP contribution in [0.2, 0.25) is 5.02 Å². The Balaban J connectivity index is 1.73. The molecule has 2 aromatic rings. The maximum atomic E-state index is 13.2. The Morgan fingerprint density at radius 3 is 2.59 bits per heavy atom. The molecule has 0 bridgehead atoms. The minimum absolute atomic E-state index is 0.147. The molecule has 5 nitrogen and oxygen atoms in total. The summed E-state index contributed by atoms with van der Waals surface area (Å²) >= 11 is 9.85. The van der Waals surface area contributed by atoms with Gasteiger partial charge in [-0.25, -0.2) is 0 Å². The van der Waals surface area contributed by atoms with Crippen molar-refractivity contribution in [2.24, 2.45) is 0 Å². The highest BCUT2D eigenvalue weighted by Crippen LogP contribution is 2.27. The normalized spacial score (nSPS) is 14.8. The summed E-state index contributed by atoms with van der Waals surface area (Å²) in [6.07, 6.45) is 5.14. The van der Waals surface area contributed by atoms with Gasteiger partial charge >= 0.3 is 0 Å². The molecule has 32 heavy (non-hydrogen) atoms. The molecule has 0 saturated heterocycles. The zero-order valence-electron chi connectivity index (χ0n) is 18.6. The van der Waals surface area contributed by atoms with Crippen LogP contribution in [-0.4, -0.2) is 35.4 Å². The second-order valence-corrected chi connectivity index (χ2v) is 9.45. The molecule has 0 unspecified atom stereocenters. The maximum absolute atomic E-state index is 13.2. The molecule has 3 rings (SSSR count). The molecule has 1 fully saturated rings. The van der Waals surface area contributed by atoms with Crippen molar-refractivity contribution in [3.05, 3.63) is 63.1 Å². The standard InChI is InChI=1S/C25H30BrClN2O3/c1-3-18-12-13-23(21(26)14-18)32-16-24(30)29(15-19-8-4-7-11-22(19)27)17(2)25(31)28-20-9-5-6-10-20/h4,7-8,11-14,17,20H,3,5-6,9-10,15-16H2,1-2H3,(H,28,31)/t17-/m1/s1. The fourth-order valence-corrected chi connectivity index (χ4v) is 4.62.